The van der Waals surface area contributed by atoms with E-state index in [1.165, 1.54) is 69.9 Å². The van der Waals surface area contributed by atoms with Gasteiger partial charge < -0.3 is 9.80 Å². The molecule has 0 N–H and O–H groups in total. The van der Waals surface area contributed by atoms with Gasteiger partial charge in [0.15, 0.2) is 0 Å². The molecule has 0 spiro atoms. The Hall–Kier alpha value is -7.72. The number of hydrogen-bond acceptors (Lipinski definition) is 3. The first-order valence-corrected chi connectivity index (χ1v) is 22.4. The number of hydrogen-bond donors (Lipinski definition) is 0. The Morgan fingerprint density at radius 2 is 0.810 bits per heavy atom. The molecule has 0 saturated heterocycles. The second-order valence-electron chi connectivity index (χ2n) is 16.4. The summed E-state index contributed by atoms with van der Waals surface area (Å²) in [6.45, 7) is 4.34. The molecule has 2 nitrogen and oxygen atoms in total. The van der Waals surface area contributed by atoms with Gasteiger partial charge in [0, 0.05) is 54.0 Å². The maximum atomic E-state index is 2.38. The van der Waals surface area contributed by atoms with E-state index in [0.717, 1.165) is 39.7 Å². The van der Waals surface area contributed by atoms with Gasteiger partial charge in [0.1, 0.15) is 0 Å². The molecule has 63 heavy (non-hydrogen) atoms. The highest BCUT2D eigenvalue weighted by molar-refractivity contribution is 7.26. The zero-order valence-electron chi connectivity index (χ0n) is 35.2. The molecule has 0 unspecified atom stereocenters. The van der Waals surface area contributed by atoms with Crippen LogP contribution in [0, 0.1) is 13.8 Å². The molecule has 0 bridgehead atoms. The lowest BCUT2D eigenvalue weighted by molar-refractivity contribution is 1.25. The molecular formula is C60H44N2S. The molecule has 1 aromatic heterocycles. The first-order chi connectivity index (χ1) is 31.0. The molecule has 0 aliphatic rings. The minimum absolute atomic E-state index is 1.11. The van der Waals surface area contributed by atoms with Gasteiger partial charge in [0.2, 0.25) is 0 Å². The van der Waals surface area contributed by atoms with Gasteiger partial charge in [-0.05, 0) is 155 Å². The Morgan fingerprint density at radius 1 is 0.317 bits per heavy atom. The topological polar surface area (TPSA) is 6.48 Å². The van der Waals surface area contributed by atoms with E-state index in [0.29, 0.717) is 0 Å². The van der Waals surface area contributed by atoms with Gasteiger partial charge in [-0.1, -0.05) is 140 Å². The summed E-state index contributed by atoms with van der Waals surface area (Å²) in [5.41, 5.74) is 16.4. The van der Waals surface area contributed by atoms with Crippen LogP contribution >= 0.6 is 11.3 Å². The lowest BCUT2D eigenvalue weighted by Gasteiger charge is -2.27. The van der Waals surface area contributed by atoms with Crippen LogP contribution in [0.5, 0.6) is 0 Å². The van der Waals surface area contributed by atoms with Crippen LogP contribution in [0.4, 0.5) is 34.1 Å². The van der Waals surface area contributed by atoms with Crippen molar-refractivity contribution in [3.05, 3.63) is 242 Å². The third kappa shape index (κ3) is 7.33. The van der Waals surface area contributed by atoms with Crippen molar-refractivity contribution in [2.75, 3.05) is 9.80 Å². The molecule has 0 atom stereocenters. The number of para-hydroxylation sites is 2. The maximum Gasteiger partial charge on any atom is 0.0540 e. The fourth-order valence-electron chi connectivity index (χ4n) is 9.21. The van der Waals surface area contributed by atoms with Crippen LogP contribution in [-0.4, -0.2) is 0 Å². The first-order valence-electron chi connectivity index (χ1n) is 21.6. The molecule has 1 heterocycles. The smallest absolute Gasteiger partial charge is 0.0540 e. The zero-order chi connectivity index (χ0) is 42.3. The molecular weight excluding hydrogens is 781 g/mol. The van der Waals surface area contributed by atoms with Gasteiger partial charge in [-0.2, -0.15) is 0 Å². The summed E-state index contributed by atoms with van der Waals surface area (Å²) in [7, 11) is 0. The van der Waals surface area contributed by atoms with E-state index in [2.05, 4.69) is 254 Å². The van der Waals surface area contributed by atoms with E-state index in [9.17, 15) is 0 Å². The second-order valence-corrected chi connectivity index (χ2v) is 17.4. The summed E-state index contributed by atoms with van der Waals surface area (Å²) >= 11 is 1.88. The van der Waals surface area contributed by atoms with Gasteiger partial charge >= 0.3 is 0 Å². The fourth-order valence-corrected chi connectivity index (χ4v) is 10.4. The predicted molar refractivity (Wildman–Crippen MR) is 272 cm³/mol. The molecule has 300 valence electrons. The van der Waals surface area contributed by atoms with Crippen LogP contribution in [0.25, 0.3) is 64.3 Å². The predicted octanol–water partition coefficient (Wildman–Crippen LogP) is 17.8. The third-order valence-corrected chi connectivity index (χ3v) is 13.3. The third-order valence-electron chi connectivity index (χ3n) is 12.1. The molecule has 0 radical (unpaired) electrons. The van der Waals surface area contributed by atoms with Gasteiger partial charge in [-0.3, -0.25) is 0 Å². The molecule has 0 aliphatic carbocycles. The number of anilines is 6. The quantitative estimate of drug-likeness (QED) is 0.143. The van der Waals surface area contributed by atoms with E-state index in [1.807, 2.05) is 11.3 Å². The van der Waals surface area contributed by atoms with Crippen LogP contribution in [0.15, 0.2) is 231 Å². The van der Waals surface area contributed by atoms with Crippen molar-refractivity contribution in [3.63, 3.8) is 0 Å². The number of nitrogens with zero attached hydrogens (tertiary/aromatic N) is 2. The van der Waals surface area contributed by atoms with Crippen molar-refractivity contribution >= 4 is 76.4 Å². The number of benzene rings is 10. The Morgan fingerprint density at radius 3 is 1.48 bits per heavy atom. The Balaban J connectivity index is 1.04. The van der Waals surface area contributed by atoms with Gasteiger partial charge in [-0.25, -0.2) is 0 Å². The lowest BCUT2D eigenvalue weighted by atomic mass is 9.92. The largest absolute Gasteiger partial charge is 0.310 e. The number of aryl methyl sites for hydroxylation is 2. The molecule has 0 saturated carbocycles. The van der Waals surface area contributed by atoms with E-state index in [4.69, 9.17) is 0 Å². The normalized spacial score (nSPS) is 11.3. The minimum Gasteiger partial charge on any atom is -0.310 e. The Kier molecular flexibility index (Phi) is 9.88. The summed E-state index contributed by atoms with van der Waals surface area (Å²) in [6.07, 6.45) is 0. The molecule has 11 aromatic rings. The summed E-state index contributed by atoms with van der Waals surface area (Å²) in [6, 6.07) is 84.1. The van der Waals surface area contributed by atoms with Gasteiger partial charge in [0.05, 0.1) is 5.69 Å². The van der Waals surface area contributed by atoms with Crippen molar-refractivity contribution in [2.45, 2.75) is 13.8 Å². The molecule has 0 aliphatic heterocycles. The summed E-state index contributed by atoms with van der Waals surface area (Å²) < 4.78 is 2.62. The highest BCUT2D eigenvalue weighted by Gasteiger charge is 2.18. The number of fused-ring (bicyclic) bond motifs is 4. The van der Waals surface area contributed by atoms with Crippen LogP contribution < -0.4 is 9.80 Å². The van der Waals surface area contributed by atoms with E-state index in [-0.39, 0.29) is 0 Å². The Bertz CT molecular complexity index is 3380. The van der Waals surface area contributed by atoms with E-state index < -0.39 is 0 Å². The monoisotopic (exact) mass is 824 g/mol. The van der Waals surface area contributed by atoms with Crippen LogP contribution in [-0.2, 0) is 0 Å². The van der Waals surface area contributed by atoms with Crippen molar-refractivity contribution in [3.8, 4) is 33.4 Å². The summed E-state index contributed by atoms with van der Waals surface area (Å²) in [5, 5.41) is 5.04. The summed E-state index contributed by atoms with van der Waals surface area (Å²) in [5.74, 6) is 0. The van der Waals surface area contributed by atoms with E-state index in [1.54, 1.807) is 0 Å². The molecule has 0 fully saturated rings. The van der Waals surface area contributed by atoms with Crippen molar-refractivity contribution in [2.24, 2.45) is 0 Å². The van der Waals surface area contributed by atoms with Crippen LogP contribution in [0.3, 0.4) is 0 Å². The van der Waals surface area contributed by atoms with Crippen molar-refractivity contribution in [1.82, 2.24) is 0 Å². The van der Waals surface area contributed by atoms with Crippen molar-refractivity contribution in [1.29, 1.82) is 0 Å². The molecule has 3 heteroatoms. The Labute approximate surface area is 373 Å². The zero-order valence-corrected chi connectivity index (χ0v) is 36.1. The van der Waals surface area contributed by atoms with Crippen LogP contribution in [0.2, 0.25) is 0 Å². The number of rotatable bonds is 9. The molecule has 10 aromatic carbocycles. The van der Waals surface area contributed by atoms with Crippen molar-refractivity contribution < 1.29 is 0 Å². The molecule has 11 rings (SSSR count). The molecule has 0 amide bonds. The standard InChI is InChI=1S/C60H44N2S/c1-41-35-42(2)37-53(36-41)61(49-17-5-3-6-18-49)51-31-27-43(28-32-51)46-38-47(40-48(39-46)55-23-14-24-57-56-22-11-12-26-59(56)63-60(55)57)44-29-33-52(34-30-44)62(50-19-7-4-8-20-50)58-25-13-16-45-15-9-10-21-54(45)58/h3-40H,1-2H3. The summed E-state index contributed by atoms with van der Waals surface area (Å²) in [4.78, 5) is 4.72. The van der Waals surface area contributed by atoms with E-state index >= 15 is 0 Å². The first kappa shape index (κ1) is 38.2. The fraction of sp³-hybridized carbons (Fsp3) is 0.0333. The van der Waals surface area contributed by atoms with Crippen LogP contribution in [0.1, 0.15) is 11.1 Å². The maximum absolute atomic E-state index is 2.38. The SMILES string of the molecule is Cc1cc(C)cc(N(c2ccccc2)c2ccc(-c3cc(-c4ccc(N(c5ccccc5)c5cccc6ccccc56)cc4)cc(-c4cccc5c4sc4ccccc45)c3)cc2)c1. The average Bonchev–Trinajstić information content (AvgIpc) is 3.72. The highest BCUT2D eigenvalue weighted by atomic mass is 32.1. The van der Waals surface area contributed by atoms with Gasteiger partial charge in [-0.15, -0.1) is 11.3 Å². The highest BCUT2D eigenvalue weighted by Crippen LogP contribution is 2.44. The number of thiophene rings is 1. The second kappa shape index (κ2) is 16.3. The lowest BCUT2D eigenvalue weighted by Crippen LogP contribution is -2.10. The minimum atomic E-state index is 1.11. The average molecular weight is 825 g/mol. The van der Waals surface area contributed by atoms with Gasteiger partial charge in [0.25, 0.3) is 0 Å².